The van der Waals surface area contributed by atoms with E-state index in [0.717, 1.165) is 39.0 Å². The second kappa shape index (κ2) is 11.9. The first-order chi connectivity index (χ1) is 26.3. The van der Waals surface area contributed by atoms with E-state index in [-0.39, 0.29) is 0 Å². The average molecular weight is 694 g/mol. The summed E-state index contributed by atoms with van der Waals surface area (Å²) in [5.74, 6) is 0. The third-order valence-electron chi connectivity index (χ3n) is 10.6. The molecular weight excluding hydrogens is 663 g/mol. The quantitative estimate of drug-likeness (QED) is 0.167. The summed E-state index contributed by atoms with van der Waals surface area (Å²) < 4.78 is 9.02. The van der Waals surface area contributed by atoms with Gasteiger partial charge in [0.2, 0.25) is 0 Å². The molecule has 0 atom stereocenters. The second-order valence-corrected chi connectivity index (χ2v) is 14.7. The van der Waals surface area contributed by atoms with Crippen LogP contribution >= 0.6 is 11.3 Å². The molecule has 0 fully saturated rings. The smallest absolute Gasteiger partial charge is 0.137 e. The molecule has 0 aliphatic rings. The van der Waals surface area contributed by atoms with E-state index in [9.17, 15) is 0 Å². The van der Waals surface area contributed by atoms with E-state index in [1.807, 2.05) is 17.4 Å². The standard InChI is InChI=1S/C50H31NOS/c1-3-12-32(13-4-1)35-24-26-42-47(31-35)53-50-40(33-14-5-2-6-15-33)28-29-44(49(42)50)51(43-19-11-21-46-48(43)41-18-9-10-20-45(41)52-46)37-25-27-39-36(30-37)23-22-34-16-7-8-17-38(34)39/h1-31H. The lowest BCUT2D eigenvalue weighted by Crippen LogP contribution is -2.11. The van der Waals surface area contributed by atoms with Crippen LogP contribution in [0.4, 0.5) is 17.1 Å². The van der Waals surface area contributed by atoms with Crippen molar-refractivity contribution in [3.05, 3.63) is 188 Å². The van der Waals surface area contributed by atoms with Crippen LogP contribution in [-0.2, 0) is 0 Å². The monoisotopic (exact) mass is 693 g/mol. The van der Waals surface area contributed by atoms with Gasteiger partial charge in [0.1, 0.15) is 11.2 Å². The van der Waals surface area contributed by atoms with Crippen molar-refractivity contribution in [2.75, 3.05) is 4.90 Å². The number of thiophene rings is 1. The molecule has 0 saturated carbocycles. The van der Waals surface area contributed by atoms with E-state index in [2.05, 4.69) is 187 Å². The molecule has 0 bridgehead atoms. The van der Waals surface area contributed by atoms with E-state index in [0.29, 0.717) is 0 Å². The molecule has 0 N–H and O–H groups in total. The summed E-state index contributed by atoms with van der Waals surface area (Å²) in [7, 11) is 0. The molecule has 9 aromatic carbocycles. The molecule has 248 valence electrons. The molecule has 3 heteroatoms. The Bertz CT molecular complexity index is 3180. The summed E-state index contributed by atoms with van der Waals surface area (Å²) in [6.45, 7) is 0. The van der Waals surface area contributed by atoms with Gasteiger partial charge in [-0.1, -0.05) is 146 Å². The molecule has 2 aromatic heterocycles. The van der Waals surface area contributed by atoms with Crippen LogP contribution in [0.1, 0.15) is 0 Å². The van der Waals surface area contributed by atoms with E-state index in [1.165, 1.54) is 64.0 Å². The lowest BCUT2D eigenvalue weighted by Gasteiger charge is -2.28. The minimum absolute atomic E-state index is 0.875. The highest BCUT2D eigenvalue weighted by Gasteiger charge is 2.24. The van der Waals surface area contributed by atoms with Crippen molar-refractivity contribution in [2.24, 2.45) is 0 Å². The number of fused-ring (bicyclic) bond motifs is 9. The van der Waals surface area contributed by atoms with Crippen molar-refractivity contribution in [3.8, 4) is 22.3 Å². The Morgan fingerprint density at radius 1 is 0.396 bits per heavy atom. The largest absolute Gasteiger partial charge is 0.456 e. The van der Waals surface area contributed by atoms with Gasteiger partial charge in [0.05, 0.1) is 16.8 Å². The number of furan rings is 1. The van der Waals surface area contributed by atoms with E-state index < -0.39 is 0 Å². The Labute approximate surface area is 310 Å². The summed E-state index contributed by atoms with van der Waals surface area (Å²) in [5.41, 5.74) is 9.98. The molecule has 0 aliphatic carbocycles. The number of para-hydroxylation sites is 1. The van der Waals surface area contributed by atoms with Crippen molar-refractivity contribution >= 4 is 92.1 Å². The van der Waals surface area contributed by atoms with Gasteiger partial charge in [0.15, 0.2) is 0 Å². The first-order valence-corrected chi connectivity index (χ1v) is 18.8. The van der Waals surface area contributed by atoms with Crippen molar-refractivity contribution in [1.29, 1.82) is 0 Å². The Hall–Kier alpha value is -6.68. The van der Waals surface area contributed by atoms with Crippen LogP contribution in [0.25, 0.3) is 85.9 Å². The summed E-state index contributed by atoms with van der Waals surface area (Å²) in [6, 6.07) is 68.0. The fraction of sp³-hybridized carbons (Fsp3) is 0. The predicted octanol–water partition coefficient (Wildman–Crippen LogP) is 15.1. The topological polar surface area (TPSA) is 16.4 Å². The van der Waals surface area contributed by atoms with Crippen LogP contribution in [0.3, 0.4) is 0 Å². The predicted molar refractivity (Wildman–Crippen MR) is 227 cm³/mol. The van der Waals surface area contributed by atoms with Gasteiger partial charge in [-0.2, -0.15) is 0 Å². The molecule has 0 radical (unpaired) electrons. The van der Waals surface area contributed by atoms with Gasteiger partial charge < -0.3 is 9.32 Å². The summed E-state index contributed by atoms with van der Waals surface area (Å²) in [6.07, 6.45) is 0. The SMILES string of the molecule is c1ccc(-c2ccc3c(c2)sc2c(-c4ccccc4)ccc(N(c4ccc5c(ccc6ccccc65)c4)c4cccc5oc6ccccc6c45)c23)cc1. The van der Waals surface area contributed by atoms with Crippen LogP contribution < -0.4 is 4.90 Å². The van der Waals surface area contributed by atoms with Crippen molar-refractivity contribution in [2.45, 2.75) is 0 Å². The molecule has 0 saturated heterocycles. The van der Waals surface area contributed by atoms with Gasteiger partial charge in [-0.3, -0.25) is 0 Å². The number of hydrogen-bond acceptors (Lipinski definition) is 3. The number of rotatable bonds is 5. The van der Waals surface area contributed by atoms with Crippen LogP contribution in [0, 0.1) is 0 Å². The molecule has 53 heavy (non-hydrogen) atoms. The van der Waals surface area contributed by atoms with E-state index in [4.69, 9.17) is 4.42 Å². The highest BCUT2D eigenvalue weighted by atomic mass is 32.1. The van der Waals surface area contributed by atoms with E-state index in [1.54, 1.807) is 0 Å². The maximum Gasteiger partial charge on any atom is 0.137 e. The van der Waals surface area contributed by atoms with E-state index >= 15 is 0 Å². The molecule has 0 spiro atoms. The maximum absolute atomic E-state index is 6.48. The molecule has 0 aliphatic heterocycles. The first kappa shape index (κ1) is 30.0. The summed E-state index contributed by atoms with van der Waals surface area (Å²) in [5, 5.41) is 9.67. The van der Waals surface area contributed by atoms with Crippen LogP contribution in [0.5, 0.6) is 0 Å². The third kappa shape index (κ3) is 4.78. The highest BCUT2D eigenvalue weighted by molar-refractivity contribution is 7.26. The minimum Gasteiger partial charge on any atom is -0.456 e. The van der Waals surface area contributed by atoms with Crippen molar-refractivity contribution < 1.29 is 4.42 Å². The zero-order valence-electron chi connectivity index (χ0n) is 28.7. The number of anilines is 3. The van der Waals surface area contributed by atoms with Gasteiger partial charge in [0.25, 0.3) is 0 Å². The maximum atomic E-state index is 6.48. The number of nitrogens with zero attached hydrogens (tertiary/aromatic N) is 1. The fourth-order valence-corrected chi connectivity index (χ4v) is 9.49. The minimum atomic E-state index is 0.875. The Balaban J connectivity index is 1.24. The van der Waals surface area contributed by atoms with Crippen molar-refractivity contribution in [1.82, 2.24) is 0 Å². The lowest BCUT2D eigenvalue weighted by molar-refractivity contribution is 0.669. The van der Waals surface area contributed by atoms with Crippen molar-refractivity contribution in [3.63, 3.8) is 0 Å². The van der Waals surface area contributed by atoms with Gasteiger partial charge in [-0.05, 0) is 86.3 Å². The summed E-state index contributed by atoms with van der Waals surface area (Å²) >= 11 is 1.88. The van der Waals surface area contributed by atoms with Crippen LogP contribution in [0.2, 0.25) is 0 Å². The van der Waals surface area contributed by atoms with Crippen LogP contribution in [0.15, 0.2) is 192 Å². The zero-order chi connectivity index (χ0) is 34.9. The average Bonchev–Trinajstić information content (AvgIpc) is 3.81. The second-order valence-electron chi connectivity index (χ2n) is 13.7. The van der Waals surface area contributed by atoms with Gasteiger partial charge in [-0.25, -0.2) is 0 Å². The molecule has 2 heterocycles. The molecular formula is C50H31NOS. The molecule has 2 nitrogen and oxygen atoms in total. The van der Waals surface area contributed by atoms with Crippen LogP contribution in [-0.4, -0.2) is 0 Å². The Morgan fingerprint density at radius 3 is 1.94 bits per heavy atom. The first-order valence-electron chi connectivity index (χ1n) is 18.0. The Morgan fingerprint density at radius 2 is 1.08 bits per heavy atom. The number of benzene rings is 9. The molecule has 11 aromatic rings. The third-order valence-corrected chi connectivity index (χ3v) is 11.8. The highest BCUT2D eigenvalue weighted by Crippen LogP contribution is 2.51. The molecule has 0 unspecified atom stereocenters. The van der Waals surface area contributed by atoms with Gasteiger partial charge in [-0.15, -0.1) is 11.3 Å². The summed E-state index contributed by atoms with van der Waals surface area (Å²) in [4.78, 5) is 2.47. The molecule has 11 rings (SSSR count). The van der Waals surface area contributed by atoms with Gasteiger partial charge in [0, 0.05) is 31.2 Å². The fourth-order valence-electron chi connectivity index (χ4n) is 8.19. The Kier molecular flexibility index (Phi) is 6.76. The van der Waals surface area contributed by atoms with Gasteiger partial charge >= 0.3 is 0 Å². The lowest BCUT2D eigenvalue weighted by atomic mass is 9.98. The zero-order valence-corrected chi connectivity index (χ0v) is 29.5. The number of hydrogen-bond donors (Lipinski definition) is 0. The molecule has 0 amide bonds. The normalized spacial score (nSPS) is 11.8.